The number of esters is 1. The van der Waals surface area contributed by atoms with Gasteiger partial charge in [0, 0.05) is 136 Å². The Labute approximate surface area is 831 Å². The van der Waals surface area contributed by atoms with E-state index in [-0.39, 0.29) is 195 Å². The largest absolute Gasteiger partial charge is 0.481 e. The molecule has 4 rings (SSSR count). The van der Waals surface area contributed by atoms with Gasteiger partial charge in [0.15, 0.2) is 25.2 Å². The maximum absolute atomic E-state index is 14.8. The molecule has 1 saturated heterocycles. The van der Waals surface area contributed by atoms with E-state index in [9.17, 15) is 63.0 Å². The molecule has 1 fully saturated rings. The number of alkyl carbamates (subject to hydrolysis) is 2. The second-order valence-corrected chi connectivity index (χ2v) is 36.2. The van der Waals surface area contributed by atoms with Crippen molar-refractivity contribution in [1.82, 2.24) is 57.0 Å². The van der Waals surface area contributed by atoms with Crippen LogP contribution < -0.4 is 42.0 Å². The molecule has 1 aliphatic heterocycles. The number of rotatable bonds is 70. The summed E-state index contributed by atoms with van der Waals surface area (Å²) < 4.78 is 68.2. The maximum Gasteiger partial charge on any atom is 0.412 e. The van der Waals surface area contributed by atoms with Crippen LogP contribution in [-0.4, -0.2) is 341 Å². The number of carbonyl (C=O) groups is 11. The number of nitrogens with zero attached hydrogens (tertiary/aromatic N) is 4. The molecule has 3 aromatic rings. The topological polar surface area (TPSA) is 566 Å². The van der Waals surface area contributed by atoms with E-state index >= 15 is 0 Å². The summed E-state index contributed by atoms with van der Waals surface area (Å²) in [6, 6.07) is 10.6. The Hall–Kier alpha value is -8.33. The second kappa shape index (κ2) is 79.2. The van der Waals surface area contributed by atoms with Crippen molar-refractivity contribution in [2.45, 2.75) is 289 Å². The normalized spacial score (nSPS) is 15.5. The van der Waals surface area contributed by atoms with Gasteiger partial charge in [0.1, 0.15) is 53.4 Å². The van der Waals surface area contributed by atoms with Gasteiger partial charge < -0.3 is 139 Å². The second-order valence-electron chi connectivity index (χ2n) is 32.9. The van der Waals surface area contributed by atoms with E-state index in [4.69, 9.17) is 92.1 Å². The minimum absolute atomic E-state index is 0.0133. The van der Waals surface area contributed by atoms with Crippen molar-refractivity contribution in [2.24, 2.45) is 17.8 Å². The monoisotopic (exact) mass is 2040 g/mol. The number of aliphatic carboxylic acids is 2. The van der Waals surface area contributed by atoms with Gasteiger partial charge in [-0.3, -0.25) is 43.3 Å². The Balaban J connectivity index is 0.00000131. The van der Waals surface area contributed by atoms with E-state index in [0.29, 0.717) is 89.0 Å². The molecule has 45 heteroatoms. The summed E-state index contributed by atoms with van der Waals surface area (Å²) in [4.78, 5) is 149. The van der Waals surface area contributed by atoms with Gasteiger partial charge in [0.05, 0.1) is 69.4 Å². The number of hydrogen-bond acceptors (Lipinski definition) is 35. The minimum Gasteiger partial charge on any atom is -0.481 e. The molecule has 0 spiro atoms. The summed E-state index contributed by atoms with van der Waals surface area (Å²) in [5.74, 6) is -3.42. The summed E-state index contributed by atoms with van der Waals surface area (Å²) in [7, 11) is 10.8. The number of piperidine rings is 1. The third-order valence-electron chi connectivity index (χ3n) is 21.6. The highest BCUT2D eigenvalue weighted by atomic mass is 33.1. The van der Waals surface area contributed by atoms with Crippen LogP contribution in [0.3, 0.4) is 0 Å². The molecule has 0 bridgehead atoms. The predicted molar refractivity (Wildman–Crippen MR) is 522 cm³/mol. The number of hydrogen-bond donors (Lipinski definition) is 14. The Morgan fingerprint density at radius 3 is 1.58 bits per heavy atom. The summed E-state index contributed by atoms with van der Waals surface area (Å²) in [6.45, 7) is 23.3. The first kappa shape index (κ1) is 129. The molecule has 14 N–H and O–H groups in total. The zero-order valence-electron chi connectivity index (χ0n) is 84.0. The first-order valence-electron chi connectivity index (χ1n) is 47.8. The van der Waals surface area contributed by atoms with Gasteiger partial charge in [-0.2, -0.15) is 0 Å². The lowest BCUT2D eigenvalue weighted by atomic mass is 9.92. The van der Waals surface area contributed by atoms with Gasteiger partial charge >= 0.3 is 36.2 Å². The van der Waals surface area contributed by atoms with Crippen LogP contribution in [0.25, 0.3) is 0 Å². The van der Waals surface area contributed by atoms with Gasteiger partial charge in [-0.25, -0.2) is 24.4 Å². The van der Waals surface area contributed by atoms with Crippen molar-refractivity contribution in [2.75, 3.05) is 147 Å². The minimum atomic E-state index is -1.00. The lowest BCUT2D eigenvalue weighted by Crippen LogP contribution is -2.58. The highest BCUT2D eigenvalue weighted by Gasteiger charge is 2.39. The lowest BCUT2D eigenvalue weighted by Gasteiger charge is -2.40. The number of pyridine rings is 1. The summed E-state index contributed by atoms with van der Waals surface area (Å²) >= 11 is 1.29. The van der Waals surface area contributed by atoms with Crippen molar-refractivity contribution >= 4 is 98.6 Å². The highest BCUT2D eigenvalue weighted by Crippen LogP contribution is 2.33. The van der Waals surface area contributed by atoms with E-state index in [1.165, 1.54) is 39.8 Å². The van der Waals surface area contributed by atoms with E-state index in [2.05, 4.69) is 60.9 Å². The molecule has 15 atom stereocenters. The molecule has 2 aromatic heterocycles. The summed E-state index contributed by atoms with van der Waals surface area (Å²) in [6.07, 6.45) is 4.46. The number of ether oxygens (including phenoxy) is 13. The zero-order valence-corrected chi connectivity index (χ0v) is 86.5. The number of likely N-dealkylation sites (N-methyl/N-ethyl adjacent to an activating group) is 1. The number of methoxy groups -OCH3 is 4. The number of aromatic nitrogens is 2. The van der Waals surface area contributed by atoms with Gasteiger partial charge in [-0.15, -0.1) is 11.3 Å². The lowest BCUT2D eigenvalue weighted by molar-refractivity contribution is -0.194. The predicted octanol–water partition coefficient (Wildman–Crippen LogP) is 8.69. The van der Waals surface area contributed by atoms with Gasteiger partial charge in [-0.1, -0.05) is 118 Å². The van der Waals surface area contributed by atoms with Crippen LogP contribution in [0.15, 0.2) is 59.1 Å². The van der Waals surface area contributed by atoms with Gasteiger partial charge in [-0.05, 0) is 150 Å². The van der Waals surface area contributed by atoms with Crippen molar-refractivity contribution < 1.29 is 150 Å². The molecular formula is C94H161N11O31S3. The molecule has 796 valence electrons. The Morgan fingerprint density at radius 2 is 1.11 bits per heavy atom. The number of aliphatic hydroxyl groups excluding tert-OH is 5. The van der Waals surface area contributed by atoms with E-state index in [1.54, 1.807) is 64.4 Å². The average molecular weight is 2040 g/mol. The number of benzene rings is 1. The molecule has 1 aliphatic rings. The van der Waals surface area contributed by atoms with Crippen molar-refractivity contribution in [3.05, 3.63) is 70.3 Å². The van der Waals surface area contributed by atoms with Crippen molar-refractivity contribution in [1.29, 1.82) is 0 Å². The molecule has 0 radical (unpaired) electrons. The van der Waals surface area contributed by atoms with E-state index < -0.39 is 97.5 Å². The third kappa shape index (κ3) is 58.1. The number of likely N-dealkylation sites (tertiary alicyclic amines) is 1. The number of thiazole rings is 1. The standard InChI is InChI=1S/C57H94N8O14S.C18H29N3O6S2.C12H22O7.C7H16O4/c1-11-28-65(54(70)50(38(7)13-3)63-52(69)45-19-15-18-29-64(45)9)46(37(5)6)33-47(76-30-12-2)53-62-44(36-80-53)51(68)61-41(31-39(8)55(71)72)32-40-20-22-43(23-21-40)79-57(74)59-26-17-16-25-58-48(67)24-27-60-56(73)77-35-49(75-10)78-42(14-4)34-66;1-3-14(12-22)27-17(25-2)13-26-18(24)21-9-7-15(23)19-10-11-28-29-16-6-4-5-8-20-16;1-3-9(7-13)19-12(17-2)8-18-11(16)6-4-5-10(14)15;1-3-6(4-8)11-7(5-9)10-2/h20-23,36-39,41-42,45-47,49-50,66H,11-19,24-35H2,1-10H3,(H,58,67)(H,59,74)(H,60,73)(H,61,68)(H,63,69)(H,71,72);4-6,8,14,17,22H,3,7,9-13H2,1-2H3,(H,19,23)(H,21,24);9,12-13H,3-8H2,1-2H3,(H,14,15);6-9H,3-5H2,1-2H3/t38-,39-,41?,42?,45+,46+,47+,49?,50-;;;/m0.../s1. The smallest absolute Gasteiger partial charge is 0.412 e. The van der Waals surface area contributed by atoms with Crippen LogP contribution in [-0.2, 0) is 96.8 Å². The van der Waals surface area contributed by atoms with Crippen molar-refractivity contribution in [3.8, 4) is 5.75 Å². The number of nitrogens with one attached hydrogen (secondary N) is 7. The molecule has 139 heavy (non-hydrogen) atoms. The SMILES string of the molecule is CCC(CO)OC(CO)OC.CCC(CO)OC(COC(=O)CCCC(=O)O)OC.CCC(CO)OC(COC(=O)NCCC(=O)NCCSSc1ccccn1)OC.CCCO[C@H](C[C@H](C(C)C)N(CCC)C(=O)[C@@H](NC(=O)[C@H]1CCCCN1C)[C@@H](C)CC)c1nc(C(=O)NC(Cc2ccc(OC(=O)NCCCCNC(=O)CCNC(=O)OCC(OC)OC(CC)CO)cc2)C[C@H](C)C(=O)O)cs1. The molecule has 9 unspecified atom stereocenters. The molecule has 42 nitrogen and oxygen atoms in total. The summed E-state index contributed by atoms with van der Waals surface area (Å²) in [5.41, 5.74) is 0.922. The fourth-order valence-electron chi connectivity index (χ4n) is 13.1. The zero-order chi connectivity index (χ0) is 104. The Bertz CT molecular complexity index is 3790. The number of amides is 8. The number of carbonyl (C=O) groups excluding carboxylic acids is 9. The van der Waals surface area contributed by atoms with Crippen LogP contribution in [0, 0.1) is 17.8 Å². The molecule has 1 aromatic carbocycles. The molecule has 0 aliphatic carbocycles. The Morgan fingerprint density at radius 1 is 0.576 bits per heavy atom. The van der Waals surface area contributed by atoms with Crippen LogP contribution in [0.4, 0.5) is 14.4 Å². The van der Waals surface area contributed by atoms with E-state index in [0.717, 1.165) is 48.6 Å². The van der Waals surface area contributed by atoms with Crippen molar-refractivity contribution in [3.63, 3.8) is 0 Å². The first-order chi connectivity index (χ1) is 66.7. The maximum atomic E-state index is 14.8. The number of aliphatic hydroxyl groups is 5. The van der Waals surface area contributed by atoms with Crippen LogP contribution in [0.2, 0.25) is 0 Å². The van der Waals surface area contributed by atoms with Crippen LogP contribution in [0.1, 0.15) is 225 Å². The molecular weight excluding hydrogens is 1880 g/mol. The quantitative estimate of drug-likeness (QED) is 0.00825. The third-order valence-corrected chi connectivity index (χ3v) is 24.8. The highest BCUT2D eigenvalue weighted by molar-refractivity contribution is 8.76. The van der Waals surface area contributed by atoms with Gasteiger partial charge in [0.2, 0.25) is 23.6 Å². The number of carboxylic acid groups (broad SMARTS) is 2. The number of unbranched alkanes of at least 4 members (excludes halogenated alkanes) is 1. The Kier molecular flexibility index (Phi) is 73.3. The van der Waals surface area contributed by atoms with E-state index in [1.807, 2.05) is 85.5 Å². The fourth-order valence-corrected chi connectivity index (χ4v) is 15.7. The summed E-state index contributed by atoms with van der Waals surface area (Å²) in [5, 5.41) is 85.6. The van der Waals surface area contributed by atoms with Crippen LogP contribution in [0.5, 0.6) is 5.75 Å². The first-order valence-corrected chi connectivity index (χ1v) is 51.0. The average Bonchev–Trinajstić information content (AvgIpc) is 1.69. The molecule has 0 saturated carbocycles. The van der Waals surface area contributed by atoms with Crippen LogP contribution >= 0.6 is 32.9 Å². The molecule has 8 amide bonds. The number of carboxylic acids is 2. The molecule has 3 heterocycles. The van der Waals surface area contributed by atoms with Gasteiger partial charge in [0.25, 0.3) is 5.91 Å². The fraction of sp³-hybridized carbons (Fsp3) is 0.734.